The first-order valence-corrected chi connectivity index (χ1v) is 16.5. The van der Waals surface area contributed by atoms with Crippen LogP contribution in [-0.4, -0.2) is 8.07 Å². The van der Waals surface area contributed by atoms with Crippen molar-refractivity contribution in [3.63, 3.8) is 0 Å². The van der Waals surface area contributed by atoms with Gasteiger partial charge in [-0.1, -0.05) is 0 Å². The fraction of sp³-hybridized carbons (Fsp3) is 0.333. The molecule has 1 fully saturated rings. The fourth-order valence-electron chi connectivity index (χ4n) is 5.53. The van der Waals surface area contributed by atoms with Crippen LogP contribution in [0.15, 0.2) is 64.0 Å². The first-order valence-electron chi connectivity index (χ1n) is 10.2. The third kappa shape index (κ3) is 3.60. The van der Waals surface area contributed by atoms with Crippen LogP contribution in [0.5, 0.6) is 0 Å². The molecule has 0 radical (unpaired) electrons. The van der Waals surface area contributed by atoms with Crippen molar-refractivity contribution in [2.24, 2.45) is 0 Å². The Morgan fingerprint density at radius 3 is 2.46 bits per heavy atom. The van der Waals surface area contributed by atoms with Gasteiger partial charge in [0.15, 0.2) is 0 Å². The molecule has 0 nitrogen and oxygen atoms in total. The van der Waals surface area contributed by atoms with Crippen molar-refractivity contribution in [3.8, 4) is 11.1 Å². The molecular weight excluding hydrogens is 566 g/mol. The number of rotatable bonds is 5. The molecule has 5 rings (SSSR count). The number of benzene rings is 2. The molecule has 0 spiro atoms. The molecule has 0 bridgehead atoms. The summed E-state index contributed by atoms with van der Waals surface area (Å²) < 4.78 is 3.57. The molecule has 0 saturated carbocycles. The van der Waals surface area contributed by atoms with E-state index in [4.69, 9.17) is 0 Å². The zero-order valence-corrected chi connectivity index (χ0v) is 22.5. The summed E-state index contributed by atoms with van der Waals surface area (Å²) in [4.78, 5) is 0. The van der Waals surface area contributed by atoms with Crippen LogP contribution in [0.25, 0.3) is 11.1 Å². The molecule has 0 N–H and O–H groups in total. The van der Waals surface area contributed by atoms with Crippen LogP contribution in [0.1, 0.15) is 42.9 Å². The normalized spacial score (nSPS) is 20.0. The summed E-state index contributed by atoms with van der Waals surface area (Å²) in [6, 6.07) is 21.3. The number of fused-ring (bicyclic) bond motifs is 3. The fourth-order valence-corrected chi connectivity index (χ4v) is 16.3. The molecule has 144 valence electrons. The second kappa shape index (κ2) is 9.16. The molecule has 2 aromatic rings. The van der Waals surface area contributed by atoms with Gasteiger partial charge in [0.25, 0.3) is 0 Å². The van der Waals surface area contributed by atoms with E-state index in [9.17, 15) is 0 Å². The molecule has 1 atom stereocenters. The van der Waals surface area contributed by atoms with E-state index in [0.717, 1.165) is 5.54 Å². The molecule has 1 saturated heterocycles. The topological polar surface area (TPSA) is 0 Å². The predicted octanol–water partition coefficient (Wildman–Crippen LogP) is 0.160. The van der Waals surface area contributed by atoms with Crippen LogP contribution in [-0.2, 0) is 22.9 Å². The Labute approximate surface area is 194 Å². The van der Waals surface area contributed by atoms with Gasteiger partial charge < -0.3 is 24.8 Å². The average molecular weight is 592 g/mol. The molecule has 2 aliphatic carbocycles. The van der Waals surface area contributed by atoms with Crippen molar-refractivity contribution in [1.82, 2.24) is 0 Å². The molecule has 0 aromatic heterocycles. The summed E-state index contributed by atoms with van der Waals surface area (Å²) in [6.45, 7) is 2.41. The number of halogens is 2. The van der Waals surface area contributed by atoms with Crippen molar-refractivity contribution in [2.45, 2.75) is 49.9 Å². The summed E-state index contributed by atoms with van der Waals surface area (Å²) in [5.41, 5.74) is 7.45. The Kier molecular flexibility index (Phi) is 7.29. The van der Waals surface area contributed by atoms with E-state index in [1.54, 1.807) is 35.4 Å². The number of allylic oxidation sites excluding steroid dienone is 4. The van der Waals surface area contributed by atoms with Crippen LogP contribution in [0.2, 0.25) is 18.1 Å². The van der Waals surface area contributed by atoms with Gasteiger partial charge in [-0.3, -0.25) is 0 Å². The van der Waals surface area contributed by atoms with Gasteiger partial charge in [0.2, 0.25) is 0 Å². The van der Waals surface area contributed by atoms with Gasteiger partial charge in [-0.15, -0.1) is 0 Å². The molecule has 1 heterocycles. The summed E-state index contributed by atoms with van der Waals surface area (Å²) in [6.07, 6.45) is 11.1. The predicted molar refractivity (Wildman–Crippen MR) is 110 cm³/mol. The summed E-state index contributed by atoms with van der Waals surface area (Å²) in [5.74, 6) is 0. The second-order valence-corrected chi connectivity index (χ2v) is 18.1. The first-order chi connectivity index (χ1) is 12.8. The zero-order valence-electron chi connectivity index (χ0n) is 16.3. The number of hydrogen-bond donors (Lipinski definition) is 0. The van der Waals surface area contributed by atoms with Crippen LogP contribution >= 0.6 is 0 Å². The van der Waals surface area contributed by atoms with Gasteiger partial charge in [-0.05, 0) is 0 Å². The van der Waals surface area contributed by atoms with Gasteiger partial charge >= 0.3 is 170 Å². The Morgan fingerprint density at radius 1 is 1.00 bits per heavy atom. The molecule has 28 heavy (non-hydrogen) atoms. The van der Waals surface area contributed by atoms with Crippen LogP contribution in [0.4, 0.5) is 0 Å². The van der Waals surface area contributed by atoms with E-state index in [1.165, 1.54) is 25.3 Å². The molecule has 3 aliphatic rings. The van der Waals surface area contributed by atoms with Crippen molar-refractivity contribution in [3.05, 3.63) is 75.1 Å². The van der Waals surface area contributed by atoms with Crippen molar-refractivity contribution in [2.75, 3.05) is 0 Å². The minimum Gasteiger partial charge on any atom is -1.00 e. The third-order valence-corrected chi connectivity index (χ3v) is 17.8. The van der Waals surface area contributed by atoms with E-state index in [0.29, 0.717) is 0 Å². The Balaban J connectivity index is 0.00000112. The number of hydrogen-bond acceptors (Lipinski definition) is 0. The van der Waals surface area contributed by atoms with E-state index >= 15 is 0 Å². The maximum absolute atomic E-state index is 2.51. The average Bonchev–Trinajstić information content (AvgIpc) is 3.25. The first kappa shape index (κ1) is 22.3. The van der Waals surface area contributed by atoms with Gasteiger partial charge in [0, 0.05) is 0 Å². The van der Waals surface area contributed by atoms with Crippen LogP contribution < -0.4 is 28.1 Å². The van der Waals surface area contributed by atoms with Gasteiger partial charge in [0.05, 0.1) is 0 Å². The van der Waals surface area contributed by atoms with Crippen molar-refractivity contribution >= 4 is 11.4 Å². The van der Waals surface area contributed by atoms with E-state index in [-0.39, 0.29) is 24.8 Å². The summed E-state index contributed by atoms with van der Waals surface area (Å²) >= 11 is -0.927. The third-order valence-electron chi connectivity index (χ3n) is 6.73. The van der Waals surface area contributed by atoms with E-state index in [1.807, 2.05) is 5.56 Å². The van der Waals surface area contributed by atoms with Crippen molar-refractivity contribution in [1.29, 1.82) is 0 Å². The van der Waals surface area contributed by atoms with Gasteiger partial charge in [0.1, 0.15) is 0 Å². The molecule has 2 aromatic carbocycles. The smallest absolute Gasteiger partial charge is 1.00 e. The standard InChI is InChI=1S/C19H21Si.C5H5.2ClH.Hf/c1-2-12-20(13-7-14-20)19-17-10-5-3-8-15(17)16-9-4-6-11-18(16)19;1-2-4-5-3-1;;;/h3-6,8-10,19H,2,7,12-14H2,1H3;1-3H,4H2;2*1H;/q;;;;+2/p-2. The quantitative estimate of drug-likeness (QED) is 0.435. The maximum Gasteiger partial charge on any atom is -1.00 e. The maximum atomic E-state index is 2.51. The molecule has 4 heteroatoms. The van der Waals surface area contributed by atoms with E-state index in [2.05, 4.69) is 67.6 Å². The minimum atomic E-state index is -1.20. The molecule has 1 aliphatic heterocycles. The minimum absolute atomic E-state index is 0. The summed E-state index contributed by atoms with van der Waals surface area (Å²) in [5, 5.41) is 0. The Morgan fingerprint density at radius 2 is 1.79 bits per heavy atom. The zero-order chi connectivity index (χ0) is 17.6. The molecule has 1 unspecified atom stereocenters. The van der Waals surface area contributed by atoms with Crippen LogP contribution in [0.3, 0.4) is 0 Å². The Bertz CT molecular complexity index is 915. The molecule has 0 amide bonds. The van der Waals surface area contributed by atoms with E-state index < -0.39 is 31.0 Å². The van der Waals surface area contributed by atoms with Gasteiger partial charge in [-0.25, -0.2) is 0 Å². The second-order valence-electron chi connectivity index (χ2n) is 8.20. The molecular formula is C24H26Cl2HfSi. The largest absolute Gasteiger partial charge is 1.00 e. The van der Waals surface area contributed by atoms with Gasteiger partial charge in [-0.2, -0.15) is 0 Å². The summed E-state index contributed by atoms with van der Waals surface area (Å²) in [7, 11) is -1.20. The van der Waals surface area contributed by atoms with Crippen molar-refractivity contribution < 1.29 is 47.7 Å². The SMILES string of the molecule is CCC[Si]1(C2c3ccccc3-c3ccc[c]([Hf+2][C]4=CC=CC4)c32)CCC1.[Cl-].[Cl-]. The monoisotopic (exact) mass is 592 g/mol. The Hall–Kier alpha value is -0.413. The van der Waals surface area contributed by atoms with Crippen LogP contribution in [0, 0.1) is 0 Å².